The molecule has 1 heterocycles. The Labute approximate surface area is 115 Å². The van der Waals surface area contributed by atoms with Gasteiger partial charge in [0, 0.05) is 12.5 Å². The Morgan fingerprint density at radius 2 is 2.00 bits per heavy atom. The summed E-state index contributed by atoms with van der Waals surface area (Å²) in [6.07, 6.45) is 2.96. The summed E-state index contributed by atoms with van der Waals surface area (Å²) in [6.45, 7) is 5.45. The minimum absolute atomic E-state index is 0.269. The second kappa shape index (κ2) is 7.36. The molecule has 0 aliphatic carbocycles. The maximum atomic E-state index is 5.71. The molecule has 2 rings (SSSR count). The van der Waals surface area contributed by atoms with Crippen molar-refractivity contribution in [1.29, 1.82) is 0 Å². The van der Waals surface area contributed by atoms with Gasteiger partial charge < -0.3 is 20.5 Å². The highest BCUT2D eigenvalue weighted by atomic mass is 16.5. The van der Waals surface area contributed by atoms with Crippen LogP contribution in [0.5, 0.6) is 11.5 Å². The molecule has 0 fully saturated rings. The summed E-state index contributed by atoms with van der Waals surface area (Å²) < 4.78 is 11.3. The Kier molecular flexibility index (Phi) is 5.48. The third-order valence-electron chi connectivity index (χ3n) is 3.18. The first-order chi connectivity index (χ1) is 9.25. The minimum atomic E-state index is 0.269. The molecule has 0 amide bonds. The lowest BCUT2D eigenvalue weighted by atomic mass is 10.1. The van der Waals surface area contributed by atoms with Gasteiger partial charge in [-0.05, 0) is 50.6 Å². The molecule has 106 valence electrons. The summed E-state index contributed by atoms with van der Waals surface area (Å²) in [5.74, 6) is 1.75. The second-order valence-corrected chi connectivity index (χ2v) is 5.10. The molecule has 1 atom stereocenters. The molecule has 0 aromatic heterocycles. The van der Waals surface area contributed by atoms with E-state index in [-0.39, 0.29) is 6.04 Å². The van der Waals surface area contributed by atoms with E-state index < -0.39 is 0 Å². The molecule has 1 aromatic carbocycles. The molecule has 0 radical (unpaired) electrons. The van der Waals surface area contributed by atoms with Crippen molar-refractivity contribution in [3.05, 3.63) is 23.8 Å². The normalized spacial score (nSPS) is 15.9. The molecule has 19 heavy (non-hydrogen) atoms. The standard InChI is InChI=1S/C15H24N2O2/c1-12(16)5-7-17-8-6-13-3-4-14-15(11-13)19-10-2-9-18-14/h3-4,11-12,17H,2,5-10,16H2,1H3. The summed E-state index contributed by atoms with van der Waals surface area (Å²) in [5, 5.41) is 3.41. The SMILES string of the molecule is CC(N)CCNCCc1ccc2c(c1)OCCCO2. The molecule has 1 unspecified atom stereocenters. The highest BCUT2D eigenvalue weighted by Crippen LogP contribution is 2.30. The molecular formula is C15H24N2O2. The van der Waals surface area contributed by atoms with Crippen LogP contribution in [0.2, 0.25) is 0 Å². The average Bonchev–Trinajstić information content (AvgIpc) is 2.62. The summed E-state index contributed by atoms with van der Waals surface area (Å²) in [7, 11) is 0. The van der Waals surface area contributed by atoms with Crippen LogP contribution in [0.3, 0.4) is 0 Å². The number of hydrogen-bond donors (Lipinski definition) is 2. The van der Waals surface area contributed by atoms with Gasteiger partial charge in [-0.15, -0.1) is 0 Å². The predicted octanol–water partition coefficient (Wildman–Crippen LogP) is 1.72. The van der Waals surface area contributed by atoms with Crippen molar-refractivity contribution in [1.82, 2.24) is 5.32 Å². The van der Waals surface area contributed by atoms with Gasteiger partial charge in [0.2, 0.25) is 0 Å². The van der Waals surface area contributed by atoms with E-state index in [0.717, 1.165) is 57.1 Å². The molecule has 1 aromatic rings. The van der Waals surface area contributed by atoms with E-state index in [1.165, 1.54) is 5.56 Å². The van der Waals surface area contributed by atoms with Gasteiger partial charge in [-0.1, -0.05) is 6.07 Å². The van der Waals surface area contributed by atoms with Gasteiger partial charge in [-0.2, -0.15) is 0 Å². The van der Waals surface area contributed by atoms with Crippen molar-refractivity contribution in [3.8, 4) is 11.5 Å². The van der Waals surface area contributed by atoms with Crippen LogP contribution in [0.15, 0.2) is 18.2 Å². The van der Waals surface area contributed by atoms with Crippen molar-refractivity contribution < 1.29 is 9.47 Å². The van der Waals surface area contributed by atoms with Gasteiger partial charge in [0.15, 0.2) is 11.5 Å². The van der Waals surface area contributed by atoms with Crippen molar-refractivity contribution in [2.75, 3.05) is 26.3 Å². The smallest absolute Gasteiger partial charge is 0.161 e. The van der Waals surface area contributed by atoms with Crippen molar-refractivity contribution in [3.63, 3.8) is 0 Å². The van der Waals surface area contributed by atoms with Crippen LogP contribution < -0.4 is 20.5 Å². The third-order valence-corrected chi connectivity index (χ3v) is 3.18. The summed E-state index contributed by atoms with van der Waals surface area (Å²) in [6, 6.07) is 6.48. The molecule has 1 aliphatic rings. The molecule has 1 aliphatic heterocycles. The quantitative estimate of drug-likeness (QED) is 0.768. The van der Waals surface area contributed by atoms with Crippen LogP contribution >= 0.6 is 0 Å². The minimum Gasteiger partial charge on any atom is -0.490 e. The van der Waals surface area contributed by atoms with Crippen LogP contribution in [-0.4, -0.2) is 32.3 Å². The molecule has 0 spiro atoms. The average molecular weight is 264 g/mol. The Morgan fingerprint density at radius 1 is 1.21 bits per heavy atom. The van der Waals surface area contributed by atoms with Crippen LogP contribution in [-0.2, 0) is 6.42 Å². The number of ether oxygens (including phenoxy) is 2. The van der Waals surface area contributed by atoms with Crippen molar-refractivity contribution in [2.24, 2.45) is 5.73 Å². The fourth-order valence-corrected chi connectivity index (χ4v) is 2.05. The van der Waals surface area contributed by atoms with E-state index in [2.05, 4.69) is 17.4 Å². The van der Waals surface area contributed by atoms with Gasteiger partial charge in [-0.25, -0.2) is 0 Å². The van der Waals surface area contributed by atoms with Gasteiger partial charge in [-0.3, -0.25) is 0 Å². The molecule has 4 heteroatoms. The molecule has 0 saturated heterocycles. The number of nitrogens with two attached hydrogens (primary N) is 1. The first kappa shape index (κ1) is 14.2. The zero-order valence-electron chi connectivity index (χ0n) is 11.7. The number of fused-ring (bicyclic) bond motifs is 1. The monoisotopic (exact) mass is 264 g/mol. The van der Waals surface area contributed by atoms with E-state index in [0.29, 0.717) is 0 Å². The van der Waals surface area contributed by atoms with Crippen LogP contribution in [0.25, 0.3) is 0 Å². The fourth-order valence-electron chi connectivity index (χ4n) is 2.05. The summed E-state index contributed by atoms with van der Waals surface area (Å²) >= 11 is 0. The summed E-state index contributed by atoms with van der Waals surface area (Å²) in [4.78, 5) is 0. The molecule has 0 saturated carbocycles. The predicted molar refractivity (Wildman–Crippen MR) is 76.9 cm³/mol. The number of benzene rings is 1. The lowest BCUT2D eigenvalue weighted by molar-refractivity contribution is 0.297. The van der Waals surface area contributed by atoms with Crippen molar-refractivity contribution >= 4 is 0 Å². The lowest BCUT2D eigenvalue weighted by Crippen LogP contribution is -2.25. The first-order valence-corrected chi connectivity index (χ1v) is 7.10. The highest BCUT2D eigenvalue weighted by Gasteiger charge is 2.10. The fraction of sp³-hybridized carbons (Fsp3) is 0.600. The van der Waals surface area contributed by atoms with Gasteiger partial charge in [0.05, 0.1) is 13.2 Å². The van der Waals surface area contributed by atoms with Gasteiger partial charge in [0.25, 0.3) is 0 Å². The molecule has 0 bridgehead atoms. The number of nitrogens with one attached hydrogen (secondary N) is 1. The highest BCUT2D eigenvalue weighted by molar-refractivity contribution is 5.43. The lowest BCUT2D eigenvalue weighted by Gasteiger charge is -2.10. The molecule has 4 nitrogen and oxygen atoms in total. The zero-order valence-corrected chi connectivity index (χ0v) is 11.7. The second-order valence-electron chi connectivity index (χ2n) is 5.10. The van der Waals surface area contributed by atoms with E-state index in [1.807, 2.05) is 13.0 Å². The molecule has 3 N–H and O–H groups in total. The van der Waals surface area contributed by atoms with Gasteiger partial charge >= 0.3 is 0 Å². The third kappa shape index (κ3) is 4.73. The topological polar surface area (TPSA) is 56.5 Å². The van der Waals surface area contributed by atoms with E-state index in [9.17, 15) is 0 Å². The van der Waals surface area contributed by atoms with E-state index >= 15 is 0 Å². The Morgan fingerprint density at radius 3 is 2.79 bits per heavy atom. The van der Waals surface area contributed by atoms with Crippen LogP contribution in [0.4, 0.5) is 0 Å². The largest absolute Gasteiger partial charge is 0.490 e. The van der Waals surface area contributed by atoms with Gasteiger partial charge in [0.1, 0.15) is 0 Å². The Balaban J connectivity index is 1.79. The number of hydrogen-bond acceptors (Lipinski definition) is 4. The Bertz CT molecular complexity index is 394. The maximum Gasteiger partial charge on any atom is 0.161 e. The zero-order chi connectivity index (χ0) is 13.5. The molecular weight excluding hydrogens is 240 g/mol. The van der Waals surface area contributed by atoms with Crippen molar-refractivity contribution in [2.45, 2.75) is 32.2 Å². The van der Waals surface area contributed by atoms with Crippen LogP contribution in [0.1, 0.15) is 25.3 Å². The summed E-state index contributed by atoms with van der Waals surface area (Å²) in [5.41, 5.74) is 6.98. The van der Waals surface area contributed by atoms with E-state index in [1.54, 1.807) is 0 Å². The van der Waals surface area contributed by atoms with E-state index in [4.69, 9.17) is 15.2 Å². The number of rotatable bonds is 6. The maximum absolute atomic E-state index is 5.71. The first-order valence-electron chi connectivity index (χ1n) is 7.10. The van der Waals surface area contributed by atoms with Crippen LogP contribution in [0, 0.1) is 0 Å². The Hall–Kier alpha value is -1.26.